The average Bonchev–Trinajstić information content (AvgIpc) is 2.54. The largest absolute Gasteiger partial charge is 0.390 e. The first-order valence-corrected chi connectivity index (χ1v) is 8.82. The molecule has 0 aliphatic carbocycles. The van der Waals surface area contributed by atoms with Crippen LogP contribution in [0, 0.1) is 0 Å². The Morgan fingerprint density at radius 3 is 2.38 bits per heavy atom. The van der Waals surface area contributed by atoms with Crippen molar-refractivity contribution < 1.29 is 24.1 Å². The van der Waals surface area contributed by atoms with Gasteiger partial charge in [-0.25, -0.2) is 0 Å². The van der Waals surface area contributed by atoms with Crippen molar-refractivity contribution in [3.63, 3.8) is 0 Å². The molecular weight excluding hydrogens is 312 g/mol. The summed E-state index contributed by atoms with van der Waals surface area (Å²) in [5.41, 5.74) is 0. The molecule has 1 amide bonds. The van der Waals surface area contributed by atoms with Gasteiger partial charge in [0.25, 0.3) is 5.91 Å². The molecule has 7 heteroatoms. The Balaban J connectivity index is 2.46. The highest BCUT2D eigenvalue weighted by atomic mass is 16.5. The highest BCUT2D eigenvalue weighted by molar-refractivity contribution is 5.81. The van der Waals surface area contributed by atoms with Crippen molar-refractivity contribution in [3.05, 3.63) is 0 Å². The number of carbonyl (C=O) groups is 1. The van der Waals surface area contributed by atoms with Crippen LogP contribution in [0.15, 0.2) is 0 Å². The molecular formula is C17H34N2O5. The molecule has 3 atom stereocenters. The molecule has 2 N–H and O–H groups in total. The van der Waals surface area contributed by atoms with Crippen LogP contribution in [-0.4, -0.2) is 87.3 Å². The maximum Gasteiger partial charge on any atom is 0.252 e. The van der Waals surface area contributed by atoms with Crippen molar-refractivity contribution in [1.29, 1.82) is 0 Å². The molecule has 142 valence electrons. The van der Waals surface area contributed by atoms with Crippen molar-refractivity contribution in [2.75, 3.05) is 47.1 Å². The van der Waals surface area contributed by atoms with Gasteiger partial charge in [0, 0.05) is 39.9 Å². The van der Waals surface area contributed by atoms with Crippen LogP contribution in [0.5, 0.6) is 0 Å². The molecule has 3 unspecified atom stereocenters. The normalized spacial score (nSPS) is 24.5. The van der Waals surface area contributed by atoms with Gasteiger partial charge in [0.1, 0.15) is 0 Å². The van der Waals surface area contributed by atoms with E-state index in [4.69, 9.17) is 14.2 Å². The molecule has 0 aromatic rings. The maximum atomic E-state index is 12.1. The highest BCUT2D eigenvalue weighted by Gasteiger charge is 2.35. The number of rotatable bonds is 11. The summed E-state index contributed by atoms with van der Waals surface area (Å²) in [5.74, 6) is -0.224. The third-order valence-corrected chi connectivity index (χ3v) is 4.15. The van der Waals surface area contributed by atoms with Gasteiger partial charge < -0.3 is 24.6 Å². The van der Waals surface area contributed by atoms with Crippen LogP contribution in [0.2, 0.25) is 0 Å². The number of aliphatic hydroxyl groups excluding tert-OH is 1. The topological polar surface area (TPSA) is 80.3 Å². The van der Waals surface area contributed by atoms with Gasteiger partial charge in [-0.3, -0.25) is 9.69 Å². The molecule has 1 rings (SSSR count). The van der Waals surface area contributed by atoms with E-state index in [1.54, 1.807) is 14.2 Å². The summed E-state index contributed by atoms with van der Waals surface area (Å²) in [6, 6.07) is 0.0345. The first-order chi connectivity index (χ1) is 11.5. The van der Waals surface area contributed by atoms with Crippen LogP contribution >= 0.6 is 0 Å². The number of nitrogens with one attached hydrogen (secondary N) is 1. The smallest absolute Gasteiger partial charge is 0.252 e. The van der Waals surface area contributed by atoms with E-state index in [9.17, 15) is 9.90 Å². The van der Waals surface area contributed by atoms with Crippen molar-refractivity contribution in [3.8, 4) is 0 Å². The van der Waals surface area contributed by atoms with E-state index < -0.39 is 12.2 Å². The number of hydrogen-bond donors (Lipinski definition) is 2. The second-order valence-corrected chi connectivity index (χ2v) is 6.60. The Bertz CT molecular complexity index is 346. The molecule has 0 saturated carbocycles. The van der Waals surface area contributed by atoms with Crippen molar-refractivity contribution >= 4 is 5.91 Å². The molecule has 24 heavy (non-hydrogen) atoms. The summed E-state index contributed by atoms with van der Waals surface area (Å²) in [4.78, 5) is 14.4. The zero-order valence-corrected chi connectivity index (χ0v) is 15.5. The fourth-order valence-corrected chi connectivity index (χ4v) is 2.79. The van der Waals surface area contributed by atoms with Gasteiger partial charge in [-0.05, 0) is 33.1 Å². The van der Waals surface area contributed by atoms with Crippen LogP contribution in [0.3, 0.4) is 0 Å². The van der Waals surface area contributed by atoms with E-state index in [-0.39, 0.29) is 18.1 Å². The zero-order chi connectivity index (χ0) is 17.9. The Labute approximate surface area is 145 Å². The molecule has 0 radical (unpaired) electrons. The van der Waals surface area contributed by atoms with Gasteiger partial charge in [0.05, 0.1) is 25.4 Å². The van der Waals surface area contributed by atoms with Crippen LogP contribution in [-0.2, 0) is 19.0 Å². The second kappa shape index (κ2) is 11.8. The first kappa shape index (κ1) is 21.3. The van der Waals surface area contributed by atoms with E-state index in [1.807, 2.05) is 13.8 Å². The number of aliphatic hydroxyl groups is 1. The van der Waals surface area contributed by atoms with Crippen LogP contribution in [0.25, 0.3) is 0 Å². The zero-order valence-electron chi connectivity index (χ0n) is 15.5. The van der Waals surface area contributed by atoms with Crippen LogP contribution in [0.1, 0.15) is 33.1 Å². The Morgan fingerprint density at radius 1 is 1.21 bits per heavy atom. The lowest BCUT2D eigenvalue weighted by atomic mass is 9.98. The standard InChI is InChI=1S/C17H34N2O5/c1-13(2)18-17(21)16-15(20)6-5-14(24-16)7-8-19(9-11-22-3)10-12-23-4/h13-16,20H,5-12H2,1-4H3,(H,18,21). The molecule has 1 saturated heterocycles. The Hall–Kier alpha value is -0.730. The number of amides is 1. The molecule has 7 nitrogen and oxygen atoms in total. The van der Waals surface area contributed by atoms with Gasteiger partial charge in [-0.1, -0.05) is 0 Å². The summed E-state index contributed by atoms with van der Waals surface area (Å²) in [7, 11) is 3.39. The average molecular weight is 346 g/mol. The quantitative estimate of drug-likeness (QED) is 0.564. The number of hydrogen-bond acceptors (Lipinski definition) is 6. The number of nitrogens with zero attached hydrogens (tertiary/aromatic N) is 1. The van der Waals surface area contributed by atoms with Gasteiger partial charge in [-0.2, -0.15) is 0 Å². The number of ether oxygens (including phenoxy) is 3. The summed E-state index contributed by atoms with van der Waals surface area (Å²) < 4.78 is 16.2. The first-order valence-electron chi connectivity index (χ1n) is 8.82. The summed E-state index contributed by atoms with van der Waals surface area (Å²) in [6.07, 6.45) is 0.692. The predicted octanol–water partition coefficient (Wildman–Crippen LogP) is 0.404. The summed E-state index contributed by atoms with van der Waals surface area (Å²) >= 11 is 0. The van der Waals surface area contributed by atoms with Crippen molar-refractivity contribution in [2.24, 2.45) is 0 Å². The molecule has 0 aromatic heterocycles. The van der Waals surface area contributed by atoms with Gasteiger partial charge >= 0.3 is 0 Å². The molecule has 1 heterocycles. The number of carbonyl (C=O) groups excluding carboxylic acids is 1. The van der Waals surface area contributed by atoms with E-state index in [2.05, 4.69) is 10.2 Å². The van der Waals surface area contributed by atoms with Crippen molar-refractivity contribution in [2.45, 2.75) is 57.5 Å². The third-order valence-electron chi connectivity index (χ3n) is 4.15. The molecule has 0 spiro atoms. The van der Waals surface area contributed by atoms with Gasteiger partial charge in [0.15, 0.2) is 6.10 Å². The highest BCUT2D eigenvalue weighted by Crippen LogP contribution is 2.22. The maximum absolute atomic E-state index is 12.1. The van der Waals surface area contributed by atoms with Crippen LogP contribution < -0.4 is 5.32 Å². The fourth-order valence-electron chi connectivity index (χ4n) is 2.79. The minimum atomic E-state index is -0.766. The molecule has 1 aliphatic rings. The molecule has 0 aromatic carbocycles. The predicted molar refractivity (Wildman–Crippen MR) is 92.0 cm³/mol. The van der Waals surface area contributed by atoms with Crippen LogP contribution in [0.4, 0.5) is 0 Å². The lowest BCUT2D eigenvalue weighted by Gasteiger charge is -2.34. The minimum Gasteiger partial charge on any atom is -0.390 e. The minimum absolute atomic E-state index is 0.0103. The molecule has 1 aliphatic heterocycles. The Morgan fingerprint density at radius 2 is 1.83 bits per heavy atom. The van der Waals surface area contributed by atoms with E-state index in [1.165, 1.54) is 0 Å². The monoisotopic (exact) mass is 346 g/mol. The molecule has 1 fully saturated rings. The van der Waals surface area contributed by atoms with Crippen molar-refractivity contribution in [1.82, 2.24) is 10.2 Å². The summed E-state index contributed by atoms with van der Waals surface area (Å²) in [6.45, 7) is 7.67. The fraction of sp³-hybridized carbons (Fsp3) is 0.941. The lowest BCUT2D eigenvalue weighted by molar-refractivity contribution is -0.159. The number of methoxy groups -OCH3 is 2. The van der Waals surface area contributed by atoms with Gasteiger partial charge in [-0.15, -0.1) is 0 Å². The van der Waals surface area contributed by atoms with E-state index >= 15 is 0 Å². The second-order valence-electron chi connectivity index (χ2n) is 6.60. The lowest BCUT2D eigenvalue weighted by Crippen LogP contribution is -2.50. The Kier molecular flexibility index (Phi) is 10.4. The molecule has 0 bridgehead atoms. The van der Waals surface area contributed by atoms with E-state index in [0.29, 0.717) is 19.6 Å². The van der Waals surface area contributed by atoms with Gasteiger partial charge in [0.2, 0.25) is 0 Å². The SMILES string of the molecule is COCCN(CCOC)CCC1CCC(O)C(C(=O)NC(C)C)O1. The summed E-state index contributed by atoms with van der Waals surface area (Å²) in [5, 5.41) is 12.9. The third kappa shape index (κ3) is 7.90. The van der Waals surface area contributed by atoms with E-state index in [0.717, 1.165) is 32.5 Å².